The van der Waals surface area contributed by atoms with Gasteiger partial charge in [0.25, 0.3) is 11.8 Å². The normalized spacial score (nSPS) is 14.6. The number of carbonyl (C=O) groups is 2. The van der Waals surface area contributed by atoms with Gasteiger partial charge in [-0.3, -0.25) is 19.8 Å². The summed E-state index contributed by atoms with van der Waals surface area (Å²) in [6.07, 6.45) is 1.65. The first kappa shape index (κ1) is 26.1. The topological polar surface area (TPSA) is 63.6 Å². The van der Waals surface area contributed by atoms with Crippen LogP contribution in [0.3, 0.4) is 0 Å². The number of hydrogen-bond acceptors (Lipinski definition) is 4. The number of amides is 2. The van der Waals surface area contributed by atoms with Crippen molar-refractivity contribution in [3.05, 3.63) is 118 Å². The Kier molecular flexibility index (Phi) is 7.17. The third kappa shape index (κ3) is 5.26. The van der Waals surface area contributed by atoms with E-state index >= 15 is 0 Å². The molecule has 7 heteroatoms. The second-order valence-electron chi connectivity index (χ2n) is 9.68. The third-order valence-corrected chi connectivity index (χ3v) is 7.11. The van der Waals surface area contributed by atoms with Crippen LogP contribution in [0.15, 0.2) is 84.4 Å². The van der Waals surface area contributed by atoms with E-state index in [1.54, 1.807) is 6.08 Å². The monoisotopic (exact) mass is 535 g/mol. The zero-order valence-electron chi connectivity index (χ0n) is 22.3. The lowest BCUT2D eigenvalue weighted by molar-refractivity contribution is -0.122. The van der Waals surface area contributed by atoms with Crippen LogP contribution < -0.4 is 15.0 Å². The van der Waals surface area contributed by atoms with Crippen molar-refractivity contribution in [3.8, 4) is 11.4 Å². The van der Waals surface area contributed by atoms with E-state index in [0.29, 0.717) is 12.3 Å². The maximum atomic E-state index is 13.6. The molecule has 0 atom stereocenters. The average molecular weight is 536 g/mol. The van der Waals surface area contributed by atoms with Gasteiger partial charge in [-0.2, -0.15) is 0 Å². The van der Waals surface area contributed by atoms with Gasteiger partial charge in [-0.25, -0.2) is 0 Å². The number of anilines is 1. The Bertz CT molecular complexity index is 1620. The summed E-state index contributed by atoms with van der Waals surface area (Å²) >= 11 is 5.39. The number of rotatable bonds is 6. The summed E-state index contributed by atoms with van der Waals surface area (Å²) in [4.78, 5) is 27.9. The number of hydrogen-bond donors (Lipinski definition) is 1. The van der Waals surface area contributed by atoms with E-state index in [2.05, 4.69) is 9.88 Å². The minimum Gasteiger partial charge on any atom is -0.489 e. The molecule has 0 radical (unpaired) electrons. The summed E-state index contributed by atoms with van der Waals surface area (Å²) < 4.78 is 8.02. The molecule has 0 bridgehead atoms. The van der Waals surface area contributed by atoms with Crippen LogP contribution in [0.5, 0.6) is 5.75 Å². The molecule has 0 saturated carbocycles. The molecule has 1 fully saturated rings. The summed E-state index contributed by atoms with van der Waals surface area (Å²) in [6, 6.07) is 25.7. The predicted octanol–water partition coefficient (Wildman–Crippen LogP) is 6.12. The molecule has 1 saturated heterocycles. The van der Waals surface area contributed by atoms with Gasteiger partial charge in [0.2, 0.25) is 0 Å². The van der Waals surface area contributed by atoms with Gasteiger partial charge in [0.15, 0.2) is 5.11 Å². The molecule has 0 unspecified atom stereocenters. The Morgan fingerprint density at radius 1 is 0.897 bits per heavy atom. The summed E-state index contributed by atoms with van der Waals surface area (Å²) in [7, 11) is 0. The highest BCUT2D eigenvalue weighted by Gasteiger charge is 2.35. The van der Waals surface area contributed by atoms with E-state index in [1.807, 2.05) is 107 Å². The molecule has 4 aromatic rings. The van der Waals surface area contributed by atoms with E-state index in [-0.39, 0.29) is 10.7 Å². The third-order valence-electron chi connectivity index (χ3n) is 6.82. The highest BCUT2D eigenvalue weighted by Crippen LogP contribution is 2.29. The van der Waals surface area contributed by atoms with Crippen molar-refractivity contribution in [2.45, 2.75) is 34.3 Å². The lowest BCUT2D eigenvalue weighted by Crippen LogP contribution is -2.54. The van der Waals surface area contributed by atoms with Crippen LogP contribution in [0.25, 0.3) is 11.8 Å². The molecule has 3 aromatic carbocycles. The van der Waals surface area contributed by atoms with E-state index < -0.39 is 11.8 Å². The molecule has 2 amide bonds. The fourth-order valence-corrected chi connectivity index (χ4v) is 5.03. The second kappa shape index (κ2) is 10.7. The maximum absolute atomic E-state index is 13.6. The number of nitrogens with one attached hydrogen (secondary N) is 1. The fourth-order valence-electron chi connectivity index (χ4n) is 4.76. The summed E-state index contributed by atoms with van der Waals surface area (Å²) in [5, 5.41) is 2.77. The molecular weight excluding hydrogens is 506 g/mol. The number of benzene rings is 3. The van der Waals surface area contributed by atoms with Crippen molar-refractivity contribution in [2.24, 2.45) is 0 Å². The van der Waals surface area contributed by atoms with Crippen LogP contribution in [0.2, 0.25) is 0 Å². The van der Waals surface area contributed by atoms with Crippen molar-refractivity contribution in [1.82, 2.24) is 9.88 Å². The molecule has 196 valence electrons. The molecule has 1 aliphatic rings. The van der Waals surface area contributed by atoms with E-state index in [1.165, 1.54) is 4.90 Å². The molecule has 1 N–H and O–H groups in total. The average Bonchev–Trinajstić information content (AvgIpc) is 3.20. The molecule has 1 aliphatic heterocycles. The molecule has 0 aliphatic carbocycles. The molecule has 2 heterocycles. The van der Waals surface area contributed by atoms with Crippen LogP contribution >= 0.6 is 12.2 Å². The van der Waals surface area contributed by atoms with Gasteiger partial charge in [-0.1, -0.05) is 42.5 Å². The quantitative estimate of drug-likeness (QED) is 0.184. The van der Waals surface area contributed by atoms with Crippen LogP contribution in [0.4, 0.5) is 5.69 Å². The summed E-state index contributed by atoms with van der Waals surface area (Å²) in [5.74, 6) is -0.169. The molecular formula is C32H29N3O3S. The van der Waals surface area contributed by atoms with Gasteiger partial charge in [-0.05, 0) is 105 Å². The summed E-state index contributed by atoms with van der Waals surface area (Å²) in [6.45, 7) is 8.33. The highest BCUT2D eigenvalue weighted by molar-refractivity contribution is 7.80. The lowest BCUT2D eigenvalue weighted by atomic mass is 10.0. The summed E-state index contributed by atoms with van der Waals surface area (Å²) in [5.41, 5.74) is 7.31. The van der Waals surface area contributed by atoms with Crippen LogP contribution in [-0.4, -0.2) is 21.5 Å². The predicted molar refractivity (Wildman–Crippen MR) is 158 cm³/mol. The first-order valence-electron chi connectivity index (χ1n) is 12.7. The second-order valence-corrected chi connectivity index (χ2v) is 10.1. The van der Waals surface area contributed by atoms with Crippen molar-refractivity contribution < 1.29 is 14.3 Å². The van der Waals surface area contributed by atoms with Gasteiger partial charge in [0, 0.05) is 17.1 Å². The van der Waals surface area contributed by atoms with Gasteiger partial charge < -0.3 is 9.30 Å². The Hall–Kier alpha value is -4.49. The van der Waals surface area contributed by atoms with Crippen molar-refractivity contribution in [1.29, 1.82) is 0 Å². The maximum Gasteiger partial charge on any atom is 0.270 e. The fraction of sp³-hybridized carbons (Fsp3) is 0.156. The van der Waals surface area contributed by atoms with Crippen molar-refractivity contribution in [3.63, 3.8) is 0 Å². The number of carbonyl (C=O) groups excluding carboxylic acids is 2. The van der Waals surface area contributed by atoms with Crippen molar-refractivity contribution >= 4 is 40.9 Å². The van der Waals surface area contributed by atoms with E-state index in [9.17, 15) is 9.59 Å². The highest BCUT2D eigenvalue weighted by atomic mass is 32.1. The van der Waals surface area contributed by atoms with Crippen molar-refractivity contribution in [2.75, 3.05) is 4.90 Å². The van der Waals surface area contributed by atoms with Crippen LogP contribution in [0.1, 0.15) is 33.6 Å². The van der Waals surface area contributed by atoms with Gasteiger partial charge >= 0.3 is 0 Å². The van der Waals surface area contributed by atoms with Crippen LogP contribution in [0, 0.1) is 27.7 Å². The van der Waals surface area contributed by atoms with Crippen LogP contribution in [-0.2, 0) is 16.2 Å². The Morgan fingerprint density at radius 2 is 1.62 bits per heavy atom. The van der Waals surface area contributed by atoms with Gasteiger partial charge in [0.05, 0.1) is 5.69 Å². The zero-order chi connectivity index (χ0) is 27.7. The number of thiocarbonyl (C=S) groups is 1. The SMILES string of the molecule is Cc1ccc(C)c(N2C(=O)/C(=C/c3cc(C)n(-c4ccc(OCc5ccccc5)cc4)c3C)C(=O)NC2=S)c1. The Balaban J connectivity index is 1.42. The number of nitrogens with zero attached hydrogens (tertiary/aromatic N) is 2. The molecule has 39 heavy (non-hydrogen) atoms. The molecule has 1 aromatic heterocycles. The van der Waals surface area contributed by atoms with Gasteiger partial charge in [0.1, 0.15) is 17.9 Å². The smallest absolute Gasteiger partial charge is 0.270 e. The molecule has 5 rings (SSSR count). The van der Waals surface area contributed by atoms with E-state index in [4.69, 9.17) is 17.0 Å². The standard InChI is InChI=1S/C32H29N3O3S/c1-20-10-11-21(2)29(16-20)35-31(37)28(30(36)33-32(35)39)18-25-17-22(3)34(23(25)4)26-12-14-27(15-13-26)38-19-24-8-6-5-7-9-24/h5-18H,19H2,1-4H3,(H,33,36,39)/b28-18+. The van der Waals surface area contributed by atoms with E-state index in [0.717, 1.165) is 45.1 Å². The molecule has 6 nitrogen and oxygen atoms in total. The Morgan fingerprint density at radius 3 is 2.33 bits per heavy atom. The van der Waals surface area contributed by atoms with Gasteiger partial charge in [-0.15, -0.1) is 0 Å². The Labute approximate surface area is 233 Å². The largest absolute Gasteiger partial charge is 0.489 e. The number of aryl methyl sites for hydroxylation is 3. The minimum atomic E-state index is -0.503. The molecule has 0 spiro atoms. The zero-order valence-corrected chi connectivity index (χ0v) is 23.1. The number of aromatic nitrogens is 1. The first-order chi connectivity index (χ1) is 18.7. The number of ether oxygens (including phenoxy) is 1. The first-order valence-corrected chi connectivity index (χ1v) is 13.1. The minimum absolute atomic E-state index is 0.0365. The lowest BCUT2D eigenvalue weighted by Gasteiger charge is -2.30.